The summed E-state index contributed by atoms with van der Waals surface area (Å²) >= 11 is 0. The van der Waals surface area contributed by atoms with Gasteiger partial charge in [0.15, 0.2) is 0 Å². The summed E-state index contributed by atoms with van der Waals surface area (Å²) in [7, 11) is -0.956. The van der Waals surface area contributed by atoms with Crippen molar-refractivity contribution < 1.29 is 27.4 Å². The lowest BCUT2D eigenvalue weighted by Crippen LogP contribution is -2.49. The van der Waals surface area contributed by atoms with Gasteiger partial charge in [0.1, 0.15) is 16.4 Å². The number of benzene rings is 1. The van der Waals surface area contributed by atoms with Crippen molar-refractivity contribution in [2.24, 2.45) is 0 Å². The van der Waals surface area contributed by atoms with Gasteiger partial charge in [0.2, 0.25) is 15.9 Å². The summed E-state index contributed by atoms with van der Waals surface area (Å²) in [6, 6.07) is 4.54. The zero-order valence-electron chi connectivity index (χ0n) is 13.9. The van der Waals surface area contributed by atoms with Crippen LogP contribution in [0.5, 0.6) is 11.5 Å². The monoisotopic (exact) mass is 358 g/mol. The van der Waals surface area contributed by atoms with Crippen LogP contribution in [-0.4, -0.2) is 65.8 Å². The van der Waals surface area contributed by atoms with Crippen molar-refractivity contribution in [1.82, 2.24) is 9.62 Å². The predicted octanol–water partition coefficient (Wildman–Crippen LogP) is 0.229. The Labute approximate surface area is 141 Å². The molecule has 0 aromatic heterocycles. The first kappa shape index (κ1) is 18.5. The summed E-state index contributed by atoms with van der Waals surface area (Å²) in [5, 5.41) is 0. The van der Waals surface area contributed by atoms with Crippen LogP contribution in [0.1, 0.15) is 6.92 Å². The highest BCUT2D eigenvalue weighted by atomic mass is 32.2. The summed E-state index contributed by atoms with van der Waals surface area (Å²) in [5.74, 6) is 0.576. The molecule has 1 N–H and O–H groups in total. The predicted molar refractivity (Wildman–Crippen MR) is 86.7 cm³/mol. The van der Waals surface area contributed by atoms with E-state index >= 15 is 0 Å². The van der Waals surface area contributed by atoms with E-state index in [1.54, 1.807) is 11.0 Å². The van der Waals surface area contributed by atoms with Gasteiger partial charge >= 0.3 is 0 Å². The van der Waals surface area contributed by atoms with Crippen LogP contribution in [0.15, 0.2) is 23.1 Å². The molecule has 24 heavy (non-hydrogen) atoms. The minimum absolute atomic E-state index is 0.0106. The van der Waals surface area contributed by atoms with Gasteiger partial charge in [-0.15, -0.1) is 0 Å². The maximum absolute atomic E-state index is 12.6. The minimum Gasteiger partial charge on any atom is -0.497 e. The van der Waals surface area contributed by atoms with E-state index in [0.29, 0.717) is 25.4 Å². The molecule has 1 amide bonds. The van der Waals surface area contributed by atoms with Crippen molar-refractivity contribution in [2.75, 3.05) is 40.5 Å². The number of methoxy groups -OCH3 is 2. The average molecular weight is 358 g/mol. The Morgan fingerprint density at radius 1 is 1.38 bits per heavy atom. The van der Waals surface area contributed by atoms with E-state index in [9.17, 15) is 13.2 Å². The Morgan fingerprint density at radius 2 is 2.12 bits per heavy atom. The fraction of sp³-hybridized carbons (Fsp3) is 0.533. The number of hydrogen-bond acceptors (Lipinski definition) is 6. The van der Waals surface area contributed by atoms with Gasteiger partial charge in [0.25, 0.3) is 0 Å². The molecule has 0 bridgehead atoms. The topological polar surface area (TPSA) is 94.2 Å². The summed E-state index contributed by atoms with van der Waals surface area (Å²) in [6.07, 6.45) is -0.394. The van der Waals surface area contributed by atoms with Gasteiger partial charge in [-0.25, -0.2) is 13.1 Å². The number of carbonyl (C=O) groups is 1. The van der Waals surface area contributed by atoms with Crippen LogP contribution in [0, 0.1) is 0 Å². The number of carbonyl (C=O) groups excluding carboxylic acids is 1. The molecule has 1 saturated heterocycles. The van der Waals surface area contributed by atoms with Crippen molar-refractivity contribution in [3.8, 4) is 11.5 Å². The standard InChI is InChI=1S/C15H22N2O6S/c1-11(18)17-6-7-23-13(10-17)9-16-24(19,20)15-8-12(21-2)4-5-14(15)22-3/h4-5,8,13,16H,6-7,9-10H2,1-3H3/t13-/m0/s1. The Kier molecular flexibility index (Phi) is 6.03. The second-order valence-electron chi connectivity index (χ2n) is 5.33. The van der Waals surface area contributed by atoms with Crippen LogP contribution in [0.3, 0.4) is 0 Å². The molecule has 2 rings (SSSR count). The number of rotatable bonds is 6. The molecule has 0 unspecified atom stereocenters. The zero-order chi connectivity index (χ0) is 17.7. The summed E-state index contributed by atoms with van der Waals surface area (Å²) in [6.45, 7) is 2.80. The Bertz CT molecular complexity index is 691. The molecule has 0 radical (unpaired) electrons. The highest BCUT2D eigenvalue weighted by Crippen LogP contribution is 2.28. The van der Waals surface area contributed by atoms with E-state index in [0.717, 1.165) is 0 Å². The number of hydrogen-bond donors (Lipinski definition) is 1. The number of nitrogens with one attached hydrogen (secondary N) is 1. The number of ether oxygens (including phenoxy) is 3. The van der Waals surface area contributed by atoms with Crippen molar-refractivity contribution in [3.63, 3.8) is 0 Å². The number of sulfonamides is 1. The third-order valence-corrected chi connectivity index (χ3v) is 5.19. The van der Waals surface area contributed by atoms with Gasteiger partial charge < -0.3 is 19.1 Å². The van der Waals surface area contributed by atoms with Gasteiger partial charge in [-0.1, -0.05) is 0 Å². The van der Waals surface area contributed by atoms with Gasteiger partial charge in [-0.2, -0.15) is 0 Å². The van der Waals surface area contributed by atoms with E-state index in [2.05, 4.69) is 4.72 Å². The van der Waals surface area contributed by atoms with E-state index in [1.807, 2.05) is 0 Å². The molecular formula is C15H22N2O6S. The van der Waals surface area contributed by atoms with Crippen molar-refractivity contribution in [1.29, 1.82) is 0 Å². The van der Waals surface area contributed by atoms with Crippen LogP contribution in [0.2, 0.25) is 0 Å². The Morgan fingerprint density at radius 3 is 2.75 bits per heavy atom. The summed E-state index contributed by atoms with van der Waals surface area (Å²) < 4.78 is 43.3. The molecule has 9 heteroatoms. The van der Waals surface area contributed by atoms with Crippen molar-refractivity contribution >= 4 is 15.9 Å². The van der Waals surface area contributed by atoms with Gasteiger partial charge in [-0.3, -0.25) is 4.79 Å². The molecule has 1 heterocycles. The Hall–Kier alpha value is -1.84. The fourth-order valence-electron chi connectivity index (χ4n) is 2.40. The number of morpholine rings is 1. The smallest absolute Gasteiger partial charge is 0.244 e. The van der Waals surface area contributed by atoms with E-state index in [4.69, 9.17) is 14.2 Å². The SMILES string of the molecule is COc1ccc(OC)c(S(=O)(=O)NC[C@H]2CN(C(C)=O)CCO2)c1. The van der Waals surface area contributed by atoms with Gasteiger partial charge in [-0.05, 0) is 12.1 Å². The molecule has 8 nitrogen and oxygen atoms in total. The lowest BCUT2D eigenvalue weighted by atomic mass is 10.3. The molecule has 1 aromatic carbocycles. The number of amides is 1. The zero-order valence-corrected chi connectivity index (χ0v) is 14.8. The first-order valence-corrected chi connectivity index (χ1v) is 8.94. The molecule has 1 fully saturated rings. The van der Waals surface area contributed by atoms with Crippen LogP contribution in [-0.2, 0) is 19.6 Å². The van der Waals surface area contributed by atoms with E-state index in [1.165, 1.54) is 33.3 Å². The van der Waals surface area contributed by atoms with Crippen molar-refractivity contribution in [2.45, 2.75) is 17.9 Å². The molecular weight excluding hydrogens is 336 g/mol. The third kappa shape index (κ3) is 4.37. The first-order valence-electron chi connectivity index (χ1n) is 7.46. The molecule has 134 valence electrons. The van der Waals surface area contributed by atoms with Gasteiger partial charge in [0, 0.05) is 32.6 Å². The highest BCUT2D eigenvalue weighted by Gasteiger charge is 2.26. The second-order valence-corrected chi connectivity index (χ2v) is 7.06. The molecule has 0 aliphatic carbocycles. The van der Waals surface area contributed by atoms with E-state index in [-0.39, 0.29) is 23.1 Å². The van der Waals surface area contributed by atoms with Crippen LogP contribution in [0.25, 0.3) is 0 Å². The van der Waals surface area contributed by atoms with E-state index < -0.39 is 16.1 Å². The average Bonchev–Trinajstić information content (AvgIpc) is 2.59. The second kappa shape index (κ2) is 7.82. The van der Waals surface area contributed by atoms with Crippen molar-refractivity contribution in [3.05, 3.63) is 18.2 Å². The maximum atomic E-state index is 12.6. The normalized spacial score (nSPS) is 18.3. The van der Waals surface area contributed by atoms with Gasteiger partial charge in [0.05, 0.1) is 26.9 Å². The fourth-order valence-corrected chi connectivity index (χ4v) is 3.65. The summed E-state index contributed by atoms with van der Waals surface area (Å²) in [4.78, 5) is 13.0. The molecule has 1 aromatic rings. The van der Waals surface area contributed by atoms with Crippen LogP contribution >= 0.6 is 0 Å². The van der Waals surface area contributed by atoms with Crippen LogP contribution < -0.4 is 14.2 Å². The first-order chi connectivity index (χ1) is 11.4. The summed E-state index contributed by atoms with van der Waals surface area (Å²) in [5.41, 5.74) is 0. The lowest BCUT2D eigenvalue weighted by Gasteiger charge is -2.32. The quantitative estimate of drug-likeness (QED) is 0.782. The van der Waals surface area contributed by atoms with Crippen LogP contribution in [0.4, 0.5) is 0 Å². The minimum atomic E-state index is -3.81. The largest absolute Gasteiger partial charge is 0.497 e. The third-order valence-electron chi connectivity index (χ3n) is 3.75. The maximum Gasteiger partial charge on any atom is 0.244 e. The Balaban J connectivity index is 2.10. The molecule has 1 aliphatic heterocycles. The molecule has 1 atom stereocenters. The molecule has 0 saturated carbocycles. The molecule has 1 aliphatic rings. The highest BCUT2D eigenvalue weighted by molar-refractivity contribution is 7.89. The number of nitrogens with zero attached hydrogens (tertiary/aromatic N) is 1. The molecule has 0 spiro atoms. The lowest BCUT2D eigenvalue weighted by molar-refractivity contribution is -0.136.